The van der Waals surface area contributed by atoms with E-state index in [-0.39, 0.29) is 29.5 Å². The summed E-state index contributed by atoms with van der Waals surface area (Å²) in [7, 11) is 0. The molecule has 0 aliphatic carbocycles. The summed E-state index contributed by atoms with van der Waals surface area (Å²) in [5, 5.41) is 14.8. The minimum atomic E-state index is -1.14. The van der Waals surface area contributed by atoms with Crippen LogP contribution in [0.1, 0.15) is 29.6 Å². The molecule has 3 N–H and O–H groups in total. The van der Waals surface area contributed by atoms with Gasteiger partial charge in [0.15, 0.2) is 0 Å². The molecule has 2 amide bonds. The Kier molecular flexibility index (Phi) is 3.73. The first-order valence-corrected chi connectivity index (χ1v) is 7.16. The summed E-state index contributed by atoms with van der Waals surface area (Å²) in [6.45, 7) is 0. The van der Waals surface area contributed by atoms with Crippen molar-refractivity contribution in [3.05, 3.63) is 28.8 Å². The van der Waals surface area contributed by atoms with Gasteiger partial charge < -0.3 is 20.5 Å². The van der Waals surface area contributed by atoms with E-state index in [1.165, 1.54) is 18.2 Å². The quantitative estimate of drug-likeness (QED) is 0.800. The standard InChI is InChI=1S/C14H15ClN2O4/c15-7-1-3-10(9(5-7)13(18)19)16-14(20)17-11-6-8-2-4-12(11)21-8/h1,3,5,8,11-12H,2,4,6H2,(H,18,19)(H2,16,17,20). The molecule has 0 radical (unpaired) electrons. The van der Waals surface area contributed by atoms with Crippen LogP contribution in [0, 0.1) is 0 Å². The van der Waals surface area contributed by atoms with Crippen molar-refractivity contribution in [1.29, 1.82) is 0 Å². The number of amides is 2. The second-order valence-electron chi connectivity index (χ2n) is 5.31. The van der Waals surface area contributed by atoms with Crippen molar-refractivity contribution >= 4 is 29.3 Å². The number of carboxylic acid groups (broad SMARTS) is 1. The summed E-state index contributed by atoms with van der Waals surface area (Å²) in [6.07, 6.45) is 3.13. The van der Waals surface area contributed by atoms with Crippen molar-refractivity contribution in [3.8, 4) is 0 Å². The van der Waals surface area contributed by atoms with Crippen molar-refractivity contribution in [2.24, 2.45) is 0 Å². The molecule has 7 heteroatoms. The molecule has 2 bridgehead atoms. The Morgan fingerprint density at radius 2 is 2.14 bits per heavy atom. The molecule has 2 aliphatic heterocycles. The van der Waals surface area contributed by atoms with Crippen molar-refractivity contribution in [2.75, 3.05) is 5.32 Å². The number of carbonyl (C=O) groups is 2. The van der Waals surface area contributed by atoms with Gasteiger partial charge in [0.25, 0.3) is 0 Å². The molecule has 2 aliphatic rings. The highest BCUT2D eigenvalue weighted by Gasteiger charge is 2.41. The Hall–Kier alpha value is -1.79. The van der Waals surface area contributed by atoms with Gasteiger partial charge in [-0.05, 0) is 37.5 Å². The molecular formula is C14H15ClN2O4. The molecule has 2 fully saturated rings. The number of carbonyl (C=O) groups excluding carboxylic acids is 1. The minimum absolute atomic E-state index is 0.00988. The lowest BCUT2D eigenvalue weighted by atomic mass is 9.96. The molecule has 0 aromatic heterocycles. The van der Waals surface area contributed by atoms with E-state index in [0.717, 1.165) is 19.3 Å². The predicted octanol–water partition coefficient (Wildman–Crippen LogP) is 2.48. The first-order chi connectivity index (χ1) is 10.0. The molecule has 2 saturated heterocycles. The SMILES string of the molecule is O=C(Nc1ccc(Cl)cc1C(=O)O)NC1CC2CCC1O2. The van der Waals surface area contributed by atoms with E-state index in [0.29, 0.717) is 5.02 Å². The largest absolute Gasteiger partial charge is 0.478 e. The van der Waals surface area contributed by atoms with Gasteiger partial charge in [0.05, 0.1) is 29.5 Å². The number of benzene rings is 1. The first-order valence-electron chi connectivity index (χ1n) is 6.79. The highest BCUT2D eigenvalue weighted by molar-refractivity contribution is 6.31. The topological polar surface area (TPSA) is 87.7 Å². The molecule has 0 spiro atoms. The number of urea groups is 1. The summed E-state index contributed by atoms with van der Waals surface area (Å²) in [4.78, 5) is 23.2. The normalized spacial score (nSPS) is 26.6. The Labute approximate surface area is 126 Å². The maximum atomic E-state index is 12.0. The van der Waals surface area contributed by atoms with Crippen LogP contribution >= 0.6 is 11.6 Å². The number of hydrogen-bond donors (Lipinski definition) is 3. The van der Waals surface area contributed by atoms with Crippen molar-refractivity contribution < 1.29 is 19.4 Å². The fourth-order valence-electron chi connectivity index (χ4n) is 2.92. The molecule has 2 heterocycles. The van der Waals surface area contributed by atoms with Crippen LogP contribution in [0.2, 0.25) is 5.02 Å². The highest BCUT2D eigenvalue weighted by Crippen LogP contribution is 2.34. The Morgan fingerprint density at radius 3 is 2.76 bits per heavy atom. The molecule has 21 heavy (non-hydrogen) atoms. The lowest BCUT2D eigenvalue weighted by Gasteiger charge is -2.20. The van der Waals surface area contributed by atoms with E-state index < -0.39 is 12.0 Å². The number of aromatic carboxylic acids is 1. The number of rotatable bonds is 3. The zero-order valence-electron chi connectivity index (χ0n) is 11.1. The molecular weight excluding hydrogens is 296 g/mol. The van der Waals surface area contributed by atoms with Gasteiger partial charge in [-0.1, -0.05) is 11.6 Å². The maximum Gasteiger partial charge on any atom is 0.337 e. The van der Waals surface area contributed by atoms with Gasteiger partial charge in [-0.25, -0.2) is 9.59 Å². The predicted molar refractivity (Wildman–Crippen MR) is 76.9 cm³/mol. The van der Waals surface area contributed by atoms with Gasteiger partial charge in [-0.2, -0.15) is 0 Å². The summed E-state index contributed by atoms with van der Waals surface area (Å²) in [5.74, 6) is -1.14. The molecule has 3 unspecified atom stereocenters. The molecule has 3 rings (SSSR count). The third-order valence-corrected chi connectivity index (χ3v) is 4.12. The van der Waals surface area contributed by atoms with E-state index >= 15 is 0 Å². The van der Waals surface area contributed by atoms with Gasteiger partial charge in [0.1, 0.15) is 0 Å². The number of nitrogens with one attached hydrogen (secondary N) is 2. The summed E-state index contributed by atoms with van der Waals surface area (Å²) in [5.41, 5.74) is 0.176. The molecule has 1 aromatic rings. The second-order valence-corrected chi connectivity index (χ2v) is 5.75. The van der Waals surface area contributed by atoms with Gasteiger partial charge >= 0.3 is 12.0 Å². The zero-order chi connectivity index (χ0) is 15.0. The average Bonchev–Trinajstić information content (AvgIpc) is 3.02. The number of ether oxygens (including phenoxy) is 1. The van der Waals surface area contributed by atoms with Crippen molar-refractivity contribution in [2.45, 2.75) is 37.5 Å². The second kappa shape index (κ2) is 5.54. The lowest BCUT2D eigenvalue weighted by Crippen LogP contribution is -2.43. The molecule has 1 aromatic carbocycles. The van der Waals surface area contributed by atoms with Crippen LogP contribution in [0.25, 0.3) is 0 Å². The summed E-state index contributed by atoms with van der Waals surface area (Å²) < 4.78 is 5.66. The van der Waals surface area contributed by atoms with E-state index in [9.17, 15) is 9.59 Å². The highest BCUT2D eigenvalue weighted by atomic mass is 35.5. The number of halogens is 1. The Morgan fingerprint density at radius 1 is 1.33 bits per heavy atom. The van der Waals surface area contributed by atoms with Crippen LogP contribution in [0.15, 0.2) is 18.2 Å². The molecule has 0 saturated carbocycles. The monoisotopic (exact) mass is 310 g/mol. The molecule has 6 nitrogen and oxygen atoms in total. The fourth-order valence-corrected chi connectivity index (χ4v) is 3.09. The smallest absolute Gasteiger partial charge is 0.337 e. The van der Waals surface area contributed by atoms with Gasteiger partial charge in [-0.3, -0.25) is 0 Å². The van der Waals surface area contributed by atoms with E-state index in [1.54, 1.807) is 0 Å². The third kappa shape index (κ3) is 2.96. The van der Waals surface area contributed by atoms with Crippen LogP contribution in [0.4, 0.5) is 10.5 Å². The van der Waals surface area contributed by atoms with Crippen LogP contribution < -0.4 is 10.6 Å². The van der Waals surface area contributed by atoms with Gasteiger partial charge in [0.2, 0.25) is 0 Å². The van der Waals surface area contributed by atoms with Gasteiger partial charge in [-0.15, -0.1) is 0 Å². The Balaban J connectivity index is 1.66. The van der Waals surface area contributed by atoms with E-state index in [1.807, 2.05) is 0 Å². The maximum absolute atomic E-state index is 12.0. The average molecular weight is 311 g/mol. The van der Waals surface area contributed by atoms with Crippen LogP contribution in [0.3, 0.4) is 0 Å². The summed E-state index contributed by atoms with van der Waals surface area (Å²) in [6, 6.07) is 3.87. The molecule has 112 valence electrons. The van der Waals surface area contributed by atoms with E-state index in [4.69, 9.17) is 21.4 Å². The number of anilines is 1. The van der Waals surface area contributed by atoms with Crippen LogP contribution in [-0.2, 0) is 4.74 Å². The number of hydrogen-bond acceptors (Lipinski definition) is 3. The van der Waals surface area contributed by atoms with Crippen molar-refractivity contribution in [1.82, 2.24) is 5.32 Å². The van der Waals surface area contributed by atoms with E-state index in [2.05, 4.69) is 10.6 Å². The lowest BCUT2D eigenvalue weighted by molar-refractivity contribution is 0.0698. The first kappa shape index (κ1) is 14.2. The van der Waals surface area contributed by atoms with Crippen LogP contribution in [0.5, 0.6) is 0 Å². The fraction of sp³-hybridized carbons (Fsp3) is 0.429. The number of carboxylic acids is 1. The van der Waals surface area contributed by atoms with Crippen molar-refractivity contribution in [3.63, 3.8) is 0 Å². The summed E-state index contributed by atoms with van der Waals surface area (Å²) >= 11 is 5.77. The number of fused-ring (bicyclic) bond motifs is 2. The van der Waals surface area contributed by atoms with Gasteiger partial charge in [0, 0.05) is 5.02 Å². The Bertz CT molecular complexity index is 592. The zero-order valence-corrected chi connectivity index (χ0v) is 11.9. The molecule has 3 atom stereocenters. The minimum Gasteiger partial charge on any atom is -0.478 e. The van der Waals surface area contributed by atoms with Crippen LogP contribution in [-0.4, -0.2) is 35.4 Å². The third-order valence-electron chi connectivity index (χ3n) is 3.88.